The van der Waals surface area contributed by atoms with Crippen molar-refractivity contribution in [3.05, 3.63) is 30.0 Å². The molecule has 0 fully saturated rings. The van der Waals surface area contributed by atoms with E-state index < -0.39 is 0 Å². The molecule has 0 saturated carbocycles. The summed E-state index contributed by atoms with van der Waals surface area (Å²) in [6.45, 7) is 4.57. The number of fused-ring (bicyclic) bond motifs is 1. The number of nitrogen functional groups attached to an aromatic ring is 1. The minimum Gasteiger partial charge on any atom is -0.493 e. The highest BCUT2D eigenvalue weighted by Crippen LogP contribution is 2.27. The van der Waals surface area contributed by atoms with E-state index in [0.717, 1.165) is 28.0 Å². The number of aromatic nitrogens is 1. The van der Waals surface area contributed by atoms with Gasteiger partial charge < -0.3 is 10.5 Å². The molecule has 0 bridgehead atoms. The number of hydrogen-bond acceptors (Lipinski definition) is 3. The molecule has 0 aliphatic carbocycles. The van der Waals surface area contributed by atoms with Crippen molar-refractivity contribution in [2.45, 2.75) is 13.8 Å². The summed E-state index contributed by atoms with van der Waals surface area (Å²) in [6, 6.07) is 7.60. The summed E-state index contributed by atoms with van der Waals surface area (Å²) in [5.41, 5.74) is 8.35. The third-order valence-corrected chi connectivity index (χ3v) is 2.22. The largest absolute Gasteiger partial charge is 0.493 e. The van der Waals surface area contributed by atoms with Crippen LogP contribution in [0.3, 0.4) is 0 Å². The molecule has 0 aliphatic rings. The van der Waals surface area contributed by atoms with Gasteiger partial charge in [0.2, 0.25) is 0 Å². The highest BCUT2D eigenvalue weighted by atomic mass is 16.5. The van der Waals surface area contributed by atoms with E-state index in [2.05, 4.69) is 4.98 Å². The lowest BCUT2D eigenvalue weighted by atomic mass is 10.1. The molecule has 15 heavy (non-hydrogen) atoms. The average molecular weight is 202 g/mol. The number of anilines is 1. The second-order valence-corrected chi connectivity index (χ2v) is 3.47. The fourth-order valence-corrected chi connectivity index (χ4v) is 1.61. The Balaban J connectivity index is 2.70. The first kappa shape index (κ1) is 9.77. The Hall–Kier alpha value is -1.77. The van der Waals surface area contributed by atoms with Gasteiger partial charge in [-0.1, -0.05) is 0 Å². The molecule has 0 amide bonds. The van der Waals surface area contributed by atoms with Gasteiger partial charge in [0.15, 0.2) is 0 Å². The standard InChI is InChI=1S/C12H14N2O/c1-3-15-12-6-8(2)14-11-5-4-9(13)7-10(11)12/h4-7H,3,13H2,1-2H3. The highest BCUT2D eigenvalue weighted by molar-refractivity contribution is 5.87. The van der Waals surface area contributed by atoms with Crippen molar-refractivity contribution in [1.82, 2.24) is 4.98 Å². The van der Waals surface area contributed by atoms with E-state index in [1.54, 1.807) is 0 Å². The third kappa shape index (κ3) is 1.86. The molecule has 1 heterocycles. The summed E-state index contributed by atoms with van der Waals surface area (Å²) in [5, 5.41) is 0.974. The van der Waals surface area contributed by atoms with Gasteiger partial charge >= 0.3 is 0 Å². The summed E-state index contributed by atoms with van der Waals surface area (Å²) >= 11 is 0. The first-order valence-corrected chi connectivity index (χ1v) is 5.00. The molecule has 2 aromatic rings. The average Bonchev–Trinajstić information content (AvgIpc) is 2.19. The zero-order valence-electron chi connectivity index (χ0n) is 8.95. The van der Waals surface area contributed by atoms with Crippen LogP contribution >= 0.6 is 0 Å². The maximum absolute atomic E-state index is 5.74. The fraction of sp³-hybridized carbons (Fsp3) is 0.250. The Bertz CT molecular complexity index is 494. The van der Waals surface area contributed by atoms with Crippen LogP contribution in [0.25, 0.3) is 10.9 Å². The number of nitrogens with zero attached hydrogens (tertiary/aromatic N) is 1. The predicted octanol–water partition coefficient (Wildman–Crippen LogP) is 2.52. The van der Waals surface area contributed by atoms with Crippen LogP contribution in [0.15, 0.2) is 24.3 Å². The van der Waals surface area contributed by atoms with E-state index >= 15 is 0 Å². The van der Waals surface area contributed by atoms with Gasteiger partial charge in [0.25, 0.3) is 0 Å². The second-order valence-electron chi connectivity index (χ2n) is 3.47. The van der Waals surface area contributed by atoms with Gasteiger partial charge in [-0.05, 0) is 32.0 Å². The molecule has 3 nitrogen and oxygen atoms in total. The Morgan fingerprint density at radius 3 is 2.87 bits per heavy atom. The summed E-state index contributed by atoms with van der Waals surface area (Å²) in [4.78, 5) is 4.42. The van der Waals surface area contributed by atoms with Gasteiger partial charge in [-0.3, -0.25) is 4.98 Å². The van der Waals surface area contributed by atoms with Crippen molar-refractivity contribution in [2.24, 2.45) is 0 Å². The maximum atomic E-state index is 5.74. The first-order chi connectivity index (χ1) is 7.20. The molecule has 0 aliphatic heterocycles. The minimum atomic E-state index is 0.646. The molecule has 1 aromatic heterocycles. The van der Waals surface area contributed by atoms with Crippen LogP contribution in [0, 0.1) is 6.92 Å². The zero-order chi connectivity index (χ0) is 10.8. The van der Waals surface area contributed by atoms with Crippen LogP contribution in [-0.4, -0.2) is 11.6 Å². The Morgan fingerprint density at radius 1 is 1.33 bits per heavy atom. The predicted molar refractivity (Wildman–Crippen MR) is 62.1 cm³/mol. The molecule has 2 N–H and O–H groups in total. The molecule has 0 saturated heterocycles. The van der Waals surface area contributed by atoms with E-state index in [9.17, 15) is 0 Å². The number of benzene rings is 1. The summed E-state index contributed by atoms with van der Waals surface area (Å²) in [6.07, 6.45) is 0. The molecular weight excluding hydrogens is 188 g/mol. The number of hydrogen-bond donors (Lipinski definition) is 1. The zero-order valence-corrected chi connectivity index (χ0v) is 8.95. The number of ether oxygens (including phenoxy) is 1. The third-order valence-electron chi connectivity index (χ3n) is 2.22. The number of aryl methyl sites for hydroxylation is 1. The quantitative estimate of drug-likeness (QED) is 0.761. The Labute approximate surface area is 88.9 Å². The van der Waals surface area contributed by atoms with Crippen LogP contribution in [0.5, 0.6) is 5.75 Å². The molecule has 0 spiro atoms. The lowest BCUT2D eigenvalue weighted by Crippen LogP contribution is -1.96. The van der Waals surface area contributed by atoms with Crippen LogP contribution in [-0.2, 0) is 0 Å². The topological polar surface area (TPSA) is 48.1 Å². The second kappa shape index (κ2) is 3.77. The molecule has 78 valence electrons. The van der Waals surface area contributed by atoms with Gasteiger partial charge in [0.1, 0.15) is 5.75 Å². The molecule has 0 radical (unpaired) electrons. The maximum Gasteiger partial charge on any atom is 0.130 e. The highest BCUT2D eigenvalue weighted by Gasteiger charge is 2.04. The van der Waals surface area contributed by atoms with E-state index in [4.69, 9.17) is 10.5 Å². The van der Waals surface area contributed by atoms with Gasteiger partial charge in [-0.15, -0.1) is 0 Å². The van der Waals surface area contributed by atoms with Crippen molar-refractivity contribution in [3.8, 4) is 5.75 Å². The summed E-state index contributed by atoms with van der Waals surface area (Å²) < 4.78 is 5.56. The van der Waals surface area contributed by atoms with Crippen molar-refractivity contribution in [2.75, 3.05) is 12.3 Å². The molecule has 0 unspecified atom stereocenters. The van der Waals surface area contributed by atoms with Crippen molar-refractivity contribution in [1.29, 1.82) is 0 Å². The molecule has 0 atom stereocenters. The van der Waals surface area contributed by atoms with Crippen LogP contribution in [0.4, 0.5) is 5.69 Å². The fourth-order valence-electron chi connectivity index (χ4n) is 1.61. The molecule has 2 rings (SSSR count). The van der Waals surface area contributed by atoms with Crippen LogP contribution in [0.2, 0.25) is 0 Å². The first-order valence-electron chi connectivity index (χ1n) is 5.00. The number of rotatable bonds is 2. The van der Waals surface area contributed by atoms with Crippen molar-refractivity contribution >= 4 is 16.6 Å². The SMILES string of the molecule is CCOc1cc(C)nc2ccc(N)cc12. The van der Waals surface area contributed by atoms with Gasteiger partial charge in [-0.25, -0.2) is 0 Å². The Morgan fingerprint density at radius 2 is 2.13 bits per heavy atom. The van der Waals surface area contributed by atoms with Gasteiger partial charge in [0.05, 0.1) is 12.1 Å². The molecular formula is C12H14N2O. The van der Waals surface area contributed by atoms with Crippen molar-refractivity contribution < 1.29 is 4.74 Å². The Kier molecular flexibility index (Phi) is 2.46. The number of pyridine rings is 1. The van der Waals surface area contributed by atoms with E-state index in [1.165, 1.54) is 0 Å². The minimum absolute atomic E-state index is 0.646. The normalized spacial score (nSPS) is 10.5. The summed E-state index contributed by atoms with van der Waals surface area (Å²) in [5.74, 6) is 0.854. The lowest BCUT2D eigenvalue weighted by molar-refractivity contribution is 0.344. The van der Waals surface area contributed by atoms with Crippen molar-refractivity contribution in [3.63, 3.8) is 0 Å². The monoisotopic (exact) mass is 202 g/mol. The molecule has 1 aromatic carbocycles. The number of nitrogens with two attached hydrogens (primary N) is 1. The van der Waals surface area contributed by atoms with Crippen LogP contribution < -0.4 is 10.5 Å². The van der Waals surface area contributed by atoms with Crippen LogP contribution in [0.1, 0.15) is 12.6 Å². The van der Waals surface area contributed by atoms with Gasteiger partial charge in [0, 0.05) is 22.8 Å². The van der Waals surface area contributed by atoms with E-state index in [0.29, 0.717) is 6.61 Å². The molecule has 3 heteroatoms. The van der Waals surface area contributed by atoms with Gasteiger partial charge in [-0.2, -0.15) is 0 Å². The smallest absolute Gasteiger partial charge is 0.130 e. The summed E-state index contributed by atoms with van der Waals surface area (Å²) in [7, 11) is 0. The lowest BCUT2D eigenvalue weighted by Gasteiger charge is -2.08. The van der Waals surface area contributed by atoms with E-state index in [-0.39, 0.29) is 0 Å². The van der Waals surface area contributed by atoms with E-state index in [1.807, 2.05) is 38.1 Å².